The normalized spacial score (nSPS) is 21.9. The van der Waals surface area contributed by atoms with Crippen LogP contribution in [0.15, 0.2) is 0 Å². The smallest absolute Gasteiger partial charge is 0.377 e. The fourth-order valence-corrected chi connectivity index (χ4v) is 6.12. The first kappa shape index (κ1) is 19.1. The average Bonchev–Trinajstić information content (AvgIpc) is 2.97. The van der Waals surface area contributed by atoms with Crippen molar-refractivity contribution in [1.82, 2.24) is 4.90 Å². The number of likely N-dealkylation sites (tertiary alicyclic amines) is 1. The van der Waals surface area contributed by atoms with Gasteiger partial charge in [-0.05, 0) is 32.4 Å². The lowest BCUT2D eigenvalue weighted by Gasteiger charge is -2.37. The molecule has 0 aromatic heterocycles. The van der Waals surface area contributed by atoms with Crippen molar-refractivity contribution < 1.29 is 13.3 Å². The van der Waals surface area contributed by atoms with E-state index in [4.69, 9.17) is 13.3 Å². The maximum absolute atomic E-state index is 5.68. The maximum Gasteiger partial charge on any atom is 0.504 e. The van der Waals surface area contributed by atoms with Crippen molar-refractivity contribution in [2.45, 2.75) is 70.4 Å². The lowest BCUT2D eigenvalue weighted by atomic mass is 10.1. The summed E-state index contributed by atoms with van der Waals surface area (Å²) in [4.78, 5) is 2.63. The van der Waals surface area contributed by atoms with Crippen molar-refractivity contribution >= 4 is 8.80 Å². The molecule has 0 N–H and O–H groups in total. The molecule has 2 unspecified atom stereocenters. The molecule has 126 valence electrons. The molecule has 0 radical (unpaired) electrons. The van der Waals surface area contributed by atoms with E-state index in [1.807, 2.05) is 0 Å². The van der Waals surface area contributed by atoms with Gasteiger partial charge in [0.15, 0.2) is 0 Å². The van der Waals surface area contributed by atoms with E-state index in [1.54, 1.807) is 21.3 Å². The molecule has 21 heavy (non-hydrogen) atoms. The fraction of sp³-hybridized carbons (Fsp3) is 1.00. The van der Waals surface area contributed by atoms with Crippen LogP contribution in [0.4, 0.5) is 0 Å². The zero-order valence-corrected chi connectivity index (χ0v) is 15.7. The van der Waals surface area contributed by atoms with E-state index in [0.717, 1.165) is 0 Å². The van der Waals surface area contributed by atoms with Gasteiger partial charge in [-0.2, -0.15) is 0 Å². The van der Waals surface area contributed by atoms with E-state index in [1.165, 1.54) is 58.0 Å². The summed E-state index contributed by atoms with van der Waals surface area (Å²) in [5.74, 6) is 0. The highest BCUT2D eigenvalue weighted by atomic mass is 28.4. The summed E-state index contributed by atoms with van der Waals surface area (Å²) < 4.78 is 17.1. The van der Waals surface area contributed by atoms with Gasteiger partial charge in [0.05, 0.1) is 0 Å². The highest BCUT2D eigenvalue weighted by Crippen LogP contribution is 2.35. The Bertz CT molecular complexity index is 266. The summed E-state index contributed by atoms with van der Waals surface area (Å²) in [6, 6.07) is 0.544. The van der Waals surface area contributed by atoms with Crippen molar-refractivity contribution in [3.05, 3.63) is 0 Å². The van der Waals surface area contributed by atoms with Crippen molar-refractivity contribution in [1.29, 1.82) is 0 Å². The number of unbranched alkanes of at least 4 members (excludes halogenated alkanes) is 4. The Morgan fingerprint density at radius 1 is 1.05 bits per heavy atom. The second-order valence-electron chi connectivity index (χ2n) is 6.16. The topological polar surface area (TPSA) is 30.9 Å². The molecule has 5 heteroatoms. The molecule has 2 atom stereocenters. The molecule has 0 aromatic carbocycles. The minimum absolute atomic E-state index is 0.329. The van der Waals surface area contributed by atoms with Crippen LogP contribution in [0.1, 0.15) is 58.8 Å². The first-order chi connectivity index (χ1) is 10.1. The molecule has 1 rings (SSSR count). The molecule has 0 bridgehead atoms. The highest BCUT2D eigenvalue weighted by Gasteiger charge is 2.50. The van der Waals surface area contributed by atoms with E-state index in [-0.39, 0.29) is 0 Å². The highest BCUT2D eigenvalue weighted by molar-refractivity contribution is 6.62. The van der Waals surface area contributed by atoms with E-state index in [9.17, 15) is 0 Å². The molecule has 0 aliphatic carbocycles. The first-order valence-electron chi connectivity index (χ1n) is 8.54. The lowest BCUT2D eigenvalue weighted by molar-refractivity contribution is 0.0953. The third-order valence-corrected chi connectivity index (χ3v) is 8.16. The Labute approximate surface area is 132 Å². The zero-order valence-electron chi connectivity index (χ0n) is 14.7. The Balaban J connectivity index is 2.51. The van der Waals surface area contributed by atoms with Crippen LogP contribution in [0.2, 0.25) is 5.54 Å². The Morgan fingerprint density at radius 3 is 2.24 bits per heavy atom. The van der Waals surface area contributed by atoms with Crippen molar-refractivity contribution in [2.24, 2.45) is 0 Å². The van der Waals surface area contributed by atoms with Gasteiger partial charge in [-0.1, -0.05) is 39.5 Å². The molecule has 0 aromatic rings. The van der Waals surface area contributed by atoms with Crippen LogP contribution in [0.25, 0.3) is 0 Å². The van der Waals surface area contributed by atoms with E-state index >= 15 is 0 Å². The second-order valence-corrected chi connectivity index (χ2v) is 9.51. The van der Waals surface area contributed by atoms with Gasteiger partial charge < -0.3 is 18.2 Å². The van der Waals surface area contributed by atoms with E-state index < -0.39 is 8.80 Å². The first-order valence-corrected chi connectivity index (χ1v) is 10.3. The van der Waals surface area contributed by atoms with Gasteiger partial charge >= 0.3 is 8.80 Å². The Hall–Kier alpha value is 0.0569. The number of hydrogen-bond acceptors (Lipinski definition) is 4. The largest absolute Gasteiger partial charge is 0.504 e. The molecule has 0 amide bonds. The minimum Gasteiger partial charge on any atom is -0.377 e. The van der Waals surface area contributed by atoms with E-state index in [2.05, 4.69) is 18.7 Å². The summed E-state index contributed by atoms with van der Waals surface area (Å²) in [5, 5.41) is 0. The molecular formula is C16H35NO3Si. The molecule has 1 aliphatic heterocycles. The summed E-state index contributed by atoms with van der Waals surface area (Å²) >= 11 is 0. The van der Waals surface area contributed by atoms with Crippen LogP contribution in [0.3, 0.4) is 0 Å². The number of hydrogen-bond donors (Lipinski definition) is 0. The van der Waals surface area contributed by atoms with Gasteiger partial charge in [-0.15, -0.1) is 0 Å². The van der Waals surface area contributed by atoms with Crippen LogP contribution in [0, 0.1) is 0 Å². The molecule has 0 saturated carbocycles. The number of nitrogens with zero attached hydrogens (tertiary/aromatic N) is 1. The van der Waals surface area contributed by atoms with Crippen LogP contribution >= 0.6 is 0 Å². The van der Waals surface area contributed by atoms with Crippen molar-refractivity contribution in [3.63, 3.8) is 0 Å². The van der Waals surface area contributed by atoms with Gasteiger partial charge in [0, 0.05) is 32.9 Å². The summed E-state index contributed by atoms with van der Waals surface area (Å²) in [6.45, 7) is 6.93. The summed E-state index contributed by atoms with van der Waals surface area (Å²) in [7, 11) is 2.64. The molecule has 1 heterocycles. The Morgan fingerprint density at radius 2 is 1.67 bits per heavy atom. The van der Waals surface area contributed by atoms with Crippen LogP contribution in [-0.2, 0) is 13.3 Å². The lowest BCUT2D eigenvalue weighted by Crippen LogP contribution is -2.53. The minimum atomic E-state index is -2.53. The van der Waals surface area contributed by atoms with Crippen molar-refractivity contribution in [2.75, 3.05) is 34.4 Å². The predicted octanol–water partition coefficient (Wildman–Crippen LogP) is 3.69. The summed E-state index contributed by atoms with van der Waals surface area (Å²) in [6.07, 6.45) is 9.24. The van der Waals surface area contributed by atoms with Gasteiger partial charge in [0.1, 0.15) is 0 Å². The molecule has 1 fully saturated rings. The van der Waals surface area contributed by atoms with Gasteiger partial charge in [-0.25, -0.2) is 0 Å². The second kappa shape index (κ2) is 9.95. The van der Waals surface area contributed by atoms with Gasteiger partial charge in [0.25, 0.3) is 0 Å². The van der Waals surface area contributed by atoms with Gasteiger partial charge in [-0.3, -0.25) is 0 Å². The van der Waals surface area contributed by atoms with Crippen LogP contribution in [0.5, 0.6) is 0 Å². The molecule has 0 spiro atoms. The Kier molecular flexibility index (Phi) is 9.05. The van der Waals surface area contributed by atoms with Gasteiger partial charge in [0.2, 0.25) is 0 Å². The number of rotatable bonds is 11. The molecular weight excluding hydrogens is 282 g/mol. The molecule has 4 nitrogen and oxygen atoms in total. The third kappa shape index (κ3) is 5.03. The SMILES string of the molecule is CCCCCCCN1CCCC1C(C)[Si](OC)(OC)OC. The van der Waals surface area contributed by atoms with Crippen LogP contribution in [-0.4, -0.2) is 54.2 Å². The maximum atomic E-state index is 5.68. The fourth-order valence-electron chi connectivity index (χ4n) is 3.66. The zero-order chi connectivity index (χ0) is 15.7. The molecule has 1 aliphatic rings. The third-order valence-electron chi connectivity index (χ3n) is 4.95. The van der Waals surface area contributed by atoms with E-state index in [0.29, 0.717) is 11.6 Å². The van der Waals surface area contributed by atoms with Crippen LogP contribution < -0.4 is 0 Å². The van der Waals surface area contributed by atoms with Crippen molar-refractivity contribution in [3.8, 4) is 0 Å². The average molecular weight is 318 g/mol. The molecule has 1 saturated heterocycles. The monoisotopic (exact) mass is 317 g/mol. The standard InChI is InChI=1S/C16H35NO3Si/c1-6-7-8-9-10-13-17-14-11-12-16(17)15(2)21(18-3,19-4)20-5/h15-16H,6-14H2,1-5H3. The summed E-state index contributed by atoms with van der Waals surface area (Å²) in [5.41, 5.74) is 0.329. The quantitative estimate of drug-likeness (QED) is 0.429. The predicted molar refractivity (Wildman–Crippen MR) is 89.6 cm³/mol.